The van der Waals surface area contributed by atoms with E-state index in [4.69, 9.17) is 14.2 Å². The molecule has 160 valence electrons. The van der Waals surface area contributed by atoms with Crippen molar-refractivity contribution in [1.82, 2.24) is 0 Å². The van der Waals surface area contributed by atoms with Crippen LogP contribution in [0.2, 0.25) is 0 Å². The van der Waals surface area contributed by atoms with Crippen LogP contribution in [0, 0.1) is 0 Å². The summed E-state index contributed by atoms with van der Waals surface area (Å²) in [5, 5.41) is 48.6. The number of fused-ring (bicyclic) bond motifs is 1. The van der Waals surface area contributed by atoms with Crippen LogP contribution in [-0.4, -0.2) is 68.6 Å². The molecule has 1 fully saturated rings. The smallest absolute Gasteiger partial charge is 0.229 e. The van der Waals surface area contributed by atoms with Crippen LogP contribution in [0.3, 0.4) is 0 Å². The fraction of sp³-hybridized carbons (Fsp3) is 0.381. The second kappa shape index (κ2) is 8.21. The van der Waals surface area contributed by atoms with Crippen molar-refractivity contribution in [1.29, 1.82) is 0 Å². The van der Waals surface area contributed by atoms with Gasteiger partial charge in [-0.2, -0.15) is 0 Å². The molecule has 30 heavy (non-hydrogen) atoms. The first-order chi connectivity index (χ1) is 14.4. The average Bonchev–Trinajstić information content (AvgIpc) is 2.74. The number of phenols is 1. The highest BCUT2D eigenvalue weighted by atomic mass is 16.7. The van der Waals surface area contributed by atoms with E-state index in [2.05, 4.69) is 0 Å². The topological polar surface area (TPSA) is 146 Å². The highest BCUT2D eigenvalue weighted by Gasteiger charge is 2.44. The van der Waals surface area contributed by atoms with Crippen LogP contribution in [0.25, 0.3) is 0 Å². The molecular weight excluding hydrogens is 396 g/mol. The minimum atomic E-state index is -1.56. The molecular formula is C21H22O9. The molecule has 0 amide bonds. The maximum atomic E-state index is 12.5. The third-order valence-electron chi connectivity index (χ3n) is 5.26. The van der Waals surface area contributed by atoms with E-state index in [1.54, 1.807) is 12.1 Å². The Bertz CT molecular complexity index is 911. The number of ether oxygens (including phenoxy) is 3. The van der Waals surface area contributed by atoms with E-state index in [0.717, 1.165) is 5.56 Å². The van der Waals surface area contributed by atoms with Gasteiger partial charge in [-0.05, 0) is 29.8 Å². The highest BCUT2D eigenvalue weighted by Crippen LogP contribution is 2.38. The van der Waals surface area contributed by atoms with Gasteiger partial charge in [0.1, 0.15) is 47.8 Å². The number of hydrogen-bond acceptors (Lipinski definition) is 9. The number of aromatic hydroxyl groups is 1. The molecule has 2 aromatic rings. The fourth-order valence-corrected chi connectivity index (χ4v) is 3.55. The van der Waals surface area contributed by atoms with Crippen molar-refractivity contribution in [3.8, 4) is 17.2 Å². The van der Waals surface area contributed by atoms with Gasteiger partial charge in [0.2, 0.25) is 6.29 Å². The van der Waals surface area contributed by atoms with Crippen LogP contribution in [0.5, 0.6) is 17.2 Å². The van der Waals surface area contributed by atoms with Crippen LogP contribution in [0.4, 0.5) is 0 Å². The fourth-order valence-electron chi connectivity index (χ4n) is 3.55. The van der Waals surface area contributed by atoms with Gasteiger partial charge in [-0.1, -0.05) is 12.1 Å². The second-order valence-electron chi connectivity index (χ2n) is 7.30. The molecule has 0 bridgehead atoms. The SMILES string of the molecule is O=C1CC(c2ccc(O)cc2)Oc2cc(O[C@@H]3O[C@H](CO)[C@@H](O)[C@H](O)[C@H]3O)ccc21. The van der Waals surface area contributed by atoms with Crippen molar-refractivity contribution >= 4 is 5.78 Å². The van der Waals surface area contributed by atoms with Crippen molar-refractivity contribution in [2.45, 2.75) is 43.2 Å². The number of aliphatic hydroxyl groups excluding tert-OH is 4. The highest BCUT2D eigenvalue weighted by molar-refractivity contribution is 6.00. The molecule has 9 heteroatoms. The third kappa shape index (κ3) is 3.85. The van der Waals surface area contributed by atoms with Crippen molar-refractivity contribution < 1.29 is 44.5 Å². The molecule has 2 aliphatic heterocycles. The molecule has 6 atom stereocenters. The Kier molecular flexibility index (Phi) is 5.63. The molecule has 4 rings (SSSR count). The lowest BCUT2D eigenvalue weighted by Gasteiger charge is -2.39. The van der Waals surface area contributed by atoms with Gasteiger partial charge < -0.3 is 39.7 Å². The van der Waals surface area contributed by atoms with Gasteiger partial charge in [-0.15, -0.1) is 0 Å². The summed E-state index contributed by atoms with van der Waals surface area (Å²) in [6.45, 7) is -0.569. The van der Waals surface area contributed by atoms with Gasteiger partial charge in [0.05, 0.1) is 18.6 Å². The maximum absolute atomic E-state index is 12.5. The van der Waals surface area contributed by atoms with Gasteiger partial charge in [0.25, 0.3) is 0 Å². The molecule has 5 N–H and O–H groups in total. The number of carbonyl (C=O) groups is 1. The zero-order chi connectivity index (χ0) is 21.4. The van der Waals surface area contributed by atoms with Crippen LogP contribution >= 0.6 is 0 Å². The molecule has 0 aliphatic carbocycles. The minimum Gasteiger partial charge on any atom is -0.508 e. The lowest BCUT2D eigenvalue weighted by Crippen LogP contribution is -2.60. The maximum Gasteiger partial charge on any atom is 0.229 e. The second-order valence-corrected chi connectivity index (χ2v) is 7.30. The molecule has 0 aromatic heterocycles. The van der Waals surface area contributed by atoms with Crippen molar-refractivity contribution in [2.24, 2.45) is 0 Å². The average molecular weight is 418 g/mol. The van der Waals surface area contributed by atoms with E-state index in [0.29, 0.717) is 5.56 Å². The lowest BCUT2D eigenvalue weighted by atomic mass is 9.96. The first-order valence-corrected chi connectivity index (χ1v) is 9.47. The summed E-state index contributed by atoms with van der Waals surface area (Å²) in [6, 6.07) is 10.9. The van der Waals surface area contributed by atoms with Crippen molar-refractivity contribution in [2.75, 3.05) is 6.61 Å². The Balaban J connectivity index is 1.54. The Labute approximate surface area is 171 Å². The van der Waals surface area contributed by atoms with E-state index in [1.807, 2.05) is 0 Å². The Morgan fingerprint density at radius 1 is 1.00 bits per heavy atom. The predicted molar refractivity (Wildman–Crippen MR) is 101 cm³/mol. The molecule has 2 heterocycles. The molecule has 0 saturated carbocycles. The summed E-state index contributed by atoms with van der Waals surface area (Å²) in [5.41, 5.74) is 1.11. The van der Waals surface area contributed by atoms with E-state index in [1.165, 1.54) is 30.3 Å². The van der Waals surface area contributed by atoms with Gasteiger partial charge in [0.15, 0.2) is 5.78 Å². The van der Waals surface area contributed by atoms with Crippen LogP contribution in [0.15, 0.2) is 42.5 Å². The first kappa shape index (κ1) is 20.6. The predicted octanol–water partition coefficient (Wildman–Crippen LogP) is 0.277. The number of hydrogen-bond donors (Lipinski definition) is 5. The molecule has 1 saturated heterocycles. The number of benzene rings is 2. The van der Waals surface area contributed by atoms with E-state index in [-0.39, 0.29) is 29.5 Å². The van der Waals surface area contributed by atoms with Crippen LogP contribution in [-0.2, 0) is 4.74 Å². The summed E-state index contributed by atoms with van der Waals surface area (Å²) < 4.78 is 16.9. The summed E-state index contributed by atoms with van der Waals surface area (Å²) in [6.07, 6.45) is -7.42. The summed E-state index contributed by atoms with van der Waals surface area (Å²) in [5.74, 6) is 0.480. The molecule has 1 unspecified atom stereocenters. The minimum absolute atomic E-state index is 0.108. The standard InChI is InChI=1S/C21H22O9/c22-9-17-18(25)19(26)20(27)21(30-17)28-12-5-6-13-14(24)8-15(29-16(13)7-12)10-1-3-11(23)4-2-10/h1-7,15,17-23,25-27H,8-9H2/t15?,17-,18-,19+,20-,21-/m1/s1. The van der Waals surface area contributed by atoms with E-state index < -0.39 is 43.4 Å². The van der Waals surface area contributed by atoms with E-state index >= 15 is 0 Å². The summed E-state index contributed by atoms with van der Waals surface area (Å²) >= 11 is 0. The quantitative estimate of drug-likeness (QED) is 0.472. The number of carbonyl (C=O) groups excluding carboxylic acids is 1. The molecule has 9 nitrogen and oxygen atoms in total. The Morgan fingerprint density at radius 2 is 1.73 bits per heavy atom. The number of rotatable bonds is 4. The zero-order valence-electron chi connectivity index (χ0n) is 15.8. The summed E-state index contributed by atoms with van der Waals surface area (Å²) in [4.78, 5) is 12.5. The van der Waals surface area contributed by atoms with Crippen LogP contribution in [0.1, 0.15) is 28.4 Å². The first-order valence-electron chi connectivity index (χ1n) is 9.47. The number of aliphatic hydroxyl groups is 4. The van der Waals surface area contributed by atoms with Gasteiger partial charge in [0, 0.05) is 6.07 Å². The lowest BCUT2D eigenvalue weighted by molar-refractivity contribution is -0.277. The normalized spacial score (nSPS) is 31.0. The Morgan fingerprint density at radius 3 is 2.43 bits per heavy atom. The van der Waals surface area contributed by atoms with E-state index in [9.17, 15) is 30.3 Å². The van der Waals surface area contributed by atoms with Gasteiger partial charge >= 0.3 is 0 Å². The van der Waals surface area contributed by atoms with Crippen molar-refractivity contribution in [3.05, 3.63) is 53.6 Å². The van der Waals surface area contributed by atoms with Crippen molar-refractivity contribution in [3.63, 3.8) is 0 Å². The molecule has 2 aliphatic rings. The molecule has 0 radical (unpaired) electrons. The zero-order valence-corrected chi connectivity index (χ0v) is 15.8. The van der Waals surface area contributed by atoms with Gasteiger partial charge in [-0.25, -0.2) is 0 Å². The monoisotopic (exact) mass is 418 g/mol. The molecule has 0 spiro atoms. The number of ketones is 1. The van der Waals surface area contributed by atoms with Crippen LogP contribution < -0.4 is 9.47 Å². The largest absolute Gasteiger partial charge is 0.508 e. The summed E-state index contributed by atoms with van der Waals surface area (Å²) in [7, 11) is 0. The number of Topliss-reactive ketones (excluding diaryl/α,β-unsaturated/α-hetero) is 1. The Hall–Kier alpha value is -2.69. The third-order valence-corrected chi connectivity index (χ3v) is 5.26. The number of phenolic OH excluding ortho intramolecular Hbond substituents is 1. The molecule has 2 aromatic carbocycles. The van der Waals surface area contributed by atoms with Gasteiger partial charge in [-0.3, -0.25) is 4.79 Å².